The van der Waals surface area contributed by atoms with Crippen LogP contribution in [0.1, 0.15) is 51.6 Å². The molecule has 0 amide bonds. The first-order valence-electron chi connectivity index (χ1n) is 9.72. The third-order valence-electron chi connectivity index (χ3n) is 5.63. The van der Waals surface area contributed by atoms with Gasteiger partial charge in [0, 0.05) is 11.7 Å². The van der Waals surface area contributed by atoms with Gasteiger partial charge in [0.05, 0.1) is 11.0 Å². The molecule has 26 heavy (non-hydrogen) atoms. The van der Waals surface area contributed by atoms with Crippen LogP contribution in [0.4, 0.5) is 11.6 Å². The summed E-state index contributed by atoms with van der Waals surface area (Å²) in [5.41, 5.74) is 5.03. The molecule has 0 saturated heterocycles. The Morgan fingerprint density at radius 2 is 1.77 bits per heavy atom. The van der Waals surface area contributed by atoms with Crippen LogP contribution in [0.25, 0.3) is 11.0 Å². The van der Waals surface area contributed by atoms with E-state index in [1.165, 1.54) is 30.3 Å². The summed E-state index contributed by atoms with van der Waals surface area (Å²) < 4.78 is 2.45. The molecule has 1 aliphatic carbocycles. The lowest BCUT2D eigenvalue weighted by atomic mass is 9.70. The number of rotatable bonds is 3. The van der Waals surface area contributed by atoms with Crippen molar-refractivity contribution < 1.29 is 0 Å². The van der Waals surface area contributed by atoms with Crippen molar-refractivity contribution in [3.63, 3.8) is 0 Å². The highest BCUT2D eigenvalue weighted by Crippen LogP contribution is 2.45. The molecular weight excluding hydrogens is 318 g/mol. The summed E-state index contributed by atoms with van der Waals surface area (Å²) in [6.07, 6.45) is 3.71. The van der Waals surface area contributed by atoms with Crippen LogP contribution in [0.15, 0.2) is 48.5 Å². The van der Waals surface area contributed by atoms with Gasteiger partial charge in [-0.25, -0.2) is 4.98 Å². The second-order valence-electron chi connectivity index (χ2n) is 8.85. The van der Waals surface area contributed by atoms with Gasteiger partial charge >= 0.3 is 0 Å². The zero-order valence-corrected chi connectivity index (χ0v) is 16.3. The fourth-order valence-electron chi connectivity index (χ4n) is 4.76. The molecule has 1 N–H and O–H groups in total. The van der Waals surface area contributed by atoms with Gasteiger partial charge in [0.1, 0.15) is 0 Å². The van der Waals surface area contributed by atoms with Crippen LogP contribution in [-0.2, 0) is 0 Å². The zero-order chi connectivity index (χ0) is 18.3. The lowest BCUT2D eigenvalue weighted by Gasteiger charge is -2.40. The first kappa shape index (κ1) is 17.1. The smallest absolute Gasteiger partial charge is 0.208 e. The minimum Gasteiger partial charge on any atom is -0.326 e. The fraction of sp³-hybridized carbons (Fsp3) is 0.435. The van der Waals surface area contributed by atoms with E-state index < -0.39 is 0 Å². The Balaban J connectivity index is 1.77. The lowest BCUT2D eigenvalue weighted by molar-refractivity contribution is 0.140. The first-order chi connectivity index (χ1) is 12.4. The molecule has 1 heterocycles. The van der Waals surface area contributed by atoms with Crippen LogP contribution in [-0.4, -0.2) is 9.55 Å². The summed E-state index contributed by atoms with van der Waals surface area (Å²) in [5.74, 6) is 1.70. The third kappa shape index (κ3) is 3.35. The predicted octanol–water partition coefficient (Wildman–Crippen LogP) is 6.48. The molecule has 136 valence electrons. The van der Waals surface area contributed by atoms with E-state index in [0.717, 1.165) is 23.1 Å². The van der Waals surface area contributed by atoms with Crippen LogP contribution in [0.5, 0.6) is 0 Å². The Hall–Kier alpha value is -2.29. The van der Waals surface area contributed by atoms with Crippen molar-refractivity contribution in [3.8, 4) is 0 Å². The van der Waals surface area contributed by atoms with Gasteiger partial charge in [-0.3, -0.25) is 0 Å². The highest BCUT2D eigenvalue weighted by molar-refractivity contribution is 5.80. The molecule has 1 fully saturated rings. The van der Waals surface area contributed by atoms with Crippen molar-refractivity contribution in [2.24, 2.45) is 11.3 Å². The predicted molar refractivity (Wildman–Crippen MR) is 110 cm³/mol. The van der Waals surface area contributed by atoms with Gasteiger partial charge in [-0.15, -0.1) is 0 Å². The van der Waals surface area contributed by atoms with E-state index in [1.54, 1.807) is 0 Å². The van der Waals surface area contributed by atoms with Crippen LogP contribution < -0.4 is 5.32 Å². The Labute approximate surface area is 156 Å². The molecule has 1 aromatic heterocycles. The minimum absolute atomic E-state index is 0.370. The number of aromatic nitrogens is 2. The van der Waals surface area contributed by atoms with E-state index in [2.05, 4.69) is 86.1 Å². The van der Waals surface area contributed by atoms with E-state index >= 15 is 0 Å². The summed E-state index contributed by atoms with van der Waals surface area (Å²) >= 11 is 0. The number of hydrogen-bond acceptors (Lipinski definition) is 2. The molecule has 3 nitrogen and oxygen atoms in total. The molecular formula is C23H29N3. The second-order valence-corrected chi connectivity index (χ2v) is 8.85. The quantitative estimate of drug-likeness (QED) is 0.588. The molecule has 0 spiro atoms. The fourth-order valence-corrected chi connectivity index (χ4v) is 4.76. The molecule has 3 heteroatoms. The average Bonchev–Trinajstić information content (AvgIpc) is 2.93. The van der Waals surface area contributed by atoms with Crippen LogP contribution in [0.3, 0.4) is 0 Å². The van der Waals surface area contributed by atoms with Gasteiger partial charge in [-0.05, 0) is 61.8 Å². The molecule has 0 aliphatic heterocycles. The monoisotopic (exact) mass is 347 g/mol. The van der Waals surface area contributed by atoms with Gasteiger partial charge in [-0.2, -0.15) is 0 Å². The van der Waals surface area contributed by atoms with E-state index in [0.29, 0.717) is 11.5 Å². The number of nitrogens with one attached hydrogen (secondary N) is 1. The summed E-state index contributed by atoms with van der Waals surface area (Å²) in [6.45, 7) is 9.31. The highest BCUT2D eigenvalue weighted by Gasteiger charge is 2.34. The van der Waals surface area contributed by atoms with Gasteiger partial charge in [0.25, 0.3) is 0 Å². The van der Waals surface area contributed by atoms with Crippen molar-refractivity contribution in [2.75, 3.05) is 5.32 Å². The van der Waals surface area contributed by atoms with Gasteiger partial charge in [0.15, 0.2) is 0 Å². The normalized spacial score (nSPS) is 22.5. The summed E-state index contributed by atoms with van der Waals surface area (Å²) in [5, 5.41) is 3.58. The summed E-state index contributed by atoms with van der Waals surface area (Å²) in [6, 6.07) is 17.5. The standard InChI is InChI=1S/C23H29N3/c1-16-9-11-18(12-10-16)24-22-25-20-7-5-6-8-21(20)26(22)19-13-17(2)14-23(3,4)15-19/h5-12,17,19H,13-15H2,1-4H3,(H,24,25)/t17-,19+/m0/s1. The summed E-state index contributed by atoms with van der Waals surface area (Å²) in [4.78, 5) is 4.93. The number of hydrogen-bond donors (Lipinski definition) is 1. The molecule has 3 aromatic rings. The average molecular weight is 348 g/mol. The maximum absolute atomic E-state index is 4.93. The van der Waals surface area contributed by atoms with Crippen molar-refractivity contribution >= 4 is 22.7 Å². The number of aryl methyl sites for hydroxylation is 1. The molecule has 1 saturated carbocycles. The number of benzene rings is 2. The molecule has 0 radical (unpaired) electrons. The molecule has 0 bridgehead atoms. The Morgan fingerprint density at radius 1 is 1.04 bits per heavy atom. The topological polar surface area (TPSA) is 29.9 Å². The van der Waals surface area contributed by atoms with Crippen LogP contribution in [0.2, 0.25) is 0 Å². The van der Waals surface area contributed by atoms with Crippen LogP contribution in [0, 0.1) is 18.3 Å². The van der Waals surface area contributed by atoms with Crippen LogP contribution >= 0.6 is 0 Å². The van der Waals surface area contributed by atoms with Crippen molar-refractivity contribution in [1.82, 2.24) is 9.55 Å². The van der Waals surface area contributed by atoms with Crippen molar-refractivity contribution in [3.05, 3.63) is 54.1 Å². The van der Waals surface area contributed by atoms with Gasteiger partial charge < -0.3 is 9.88 Å². The maximum Gasteiger partial charge on any atom is 0.208 e. The number of fused-ring (bicyclic) bond motifs is 1. The van der Waals surface area contributed by atoms with Crippen molar-refractivity contribution in [1.29, 1.82) is 0 Å². The van der Waals surface area contributed by atoms with Crippen molar-refractivity contribution in [2.45, 2.75) is 53.0 Å². The highest BCUT2D eigenvalue weighted by atomic mass is 15.2. The Kier molecular flexibility index (Phi) is 4.26. The molecule has 4 rings (SSSR count). The molecule has 2 atom stereocenters. The third-order valence-corrected chi connectivity index (χ3v) is 5.63. The van der Waals surface area contributed by atoms with E-state index in [1.807, 2.05) is 0 Å². The Bertz CT molecular complexity index is 905. The van der Waals surface area contributed by atoms with E-state index in [9.17, 15) is 0 Å². The van der Waals surface area contributed by atoms with Gasteiger partial charge in [0.2, 0.25) is 5.95 Å². The number of para-hydroxylation sites is 2. The SMILES string of the molecule is Cc1ccc(Nc2nc3ccccc3n2[C@@H]2C[C@H](C)CC(C)(C)C2)cc1. The molecule has 2 aromatic carbocycles. The van der Waals surface area contributed by atoms with Gasteiger partial charge in [-0.1, -0.05) is 50.6 Å². The lowest BCUT2D eigenvalue weighted by Crippen LogP contribution is -2.29. The largest absolute Gasteiger partial charge is 0.326 e. The van der Waals surface area contributed by atoms with E-state index in [-0.39, 0.29) is 0 Å². The maximum atomic E-state index is 4.93. The number of imidazole rings is 1. The zero-order valence-electron chi connectivity index (χ0n) is 16.3. The number of nitrogens with zero attached hydrogens (tertiary/aromatic N) is 2. The van der Waals surface area contributed by atoms with E-state index in [4.69, 9.17) is 4.98 Å². The minimum atomic E-state index is 0.370. The number of anilines is 2. The summed E-state index contributed by atoms with van der Waals surface area (Å²) in [7, 11) is 0. The molecule has 0 unspecified atom stereocenters. The Morgan fingerprint density at radius 3 is 2.50 bits per heavy atom. The second kappa shape index (κ2) is 6.46. The molecule has 1 aliphatic rings. The first-order valence-corrected chi connectivity index (χ1v) is 9.72.